The molecular weight excluding hydrogens is 284 g/mol. The molecule has 4 rings (SSSR count). The normalized spacial score (nSPS) is 11.3. The van der Waals surface area contributed by atoms with Crippen LogP contribution >= 0.6 is 0 Å². The highest BCUT2D eigenvalue weighted by Gasteiger charge is 2.13. The van der Waals surface area contributed by atoms with Gasteiger partial charge in [-0.2, -0.15) is 5.10 Å². The van der Waals surface area contributed by atoms with Gasteiger partial charge in [0, 0.05) is 36.3 Å². The maximum absolute atomic E-state index is 4.75. The van der Waals surface area contributed by atoms with Crippen LogP contribution in [0.5, 0.6) is 0 Å². The lowest BCUT2D eigenvalue weighted by molar-refractivity contribution is 0.938. The van der Waals surface area contributed by atoms with E-state index in [1.165, 1.54) is 11.3 Å². The third kappa shape index (κ3) is 2.14. The summed E-state index contributed by atoms with van der Waals surface area (Å²) in [6.45, 7) is 2.13. The molecule has 2 aromatic heterocycles. The number of nitrogens with zero attached hydrogens (tertiary/aromatic N) is 4. The summed E-state index contributed by atoms with van der Waals surface area (Å²) in [5, 5.41) is 5.88. The molecule has 2 aromatic carbocycles. The summed E-state index contributed by atoms with van der Waals surface area (Å²) in [4.78, 5) is 6.58. The van der Waals surface area contributed by atoms with Gasteiger partial charge >= 0.3 is 0 Å². The third-order valence-electron chi connectivity index (χ3n) is 4.27. The van der Waals surface area contributed by atoms with E-state index in [0.717, 1.165) is 27.7 Å². The summed E-state index contributed by atoms with van der Waals surface area (Å²) in [5.74, 6) is 0. The van der Waals surface area contributed by atoms with Crippen LogP contribution in [0, 0.1) is 6.92 Å². The highest BCUT2D eigenvalue weighted by Crippen LogP contribution is 2.30. The zero-order chi connectivity index (χ0) is 16.0. The number of fused-ring (bicyclic) bond motifs is 3. The van der Waals surface area contributed by atoms with E-state index in [0.29, 0.717) is 0 Å². The van der Waals surface area contributed by atoms with Gasteiger partial charge in [-0.1, -0.05) is 30.3 Å². The number of aromatic nitrogens is 3. The zero-order valence-corrected chi connectivity index (χ0v) is 13.5. The van der Waals surface area contributed by atoms with Crippen LogP contribution in [0.15, 0.2) is 54.9 Å². The van der Waals surface area contributed by atoms with Gasteiger partial charge < -0.3 is 4.90 Å². The summed E-state index contributed by atoms with van der Waals surface area (Å²) in [7, 11) is 4.09. The molecule has 114 valence electrons. The van der Waals surface area contributed by atoms with Gasteiger partial charge in [-0.25, -0.2) is 9.50 Å². The van der Waals surface area contributed by atoms with Gasteiger partial charge in [0.15, 0.2) is 0 Å². The Morgan fingerprint density at radius 3 is 2.43 bits per heavy atom. The van der Waals surface area contributed by atoms with E-state index in [2.05, 4.69) is 47.1 Å². The first-order valence-corrected chi connectivity index (χ1v) is 7.65. The van der Waals surface area contributed by atoms with Crippen LogP contribution in [0.2, 0.25) is 0 Å². The van der Waals surface area contributed by atoms with E-state index in [1.54, 1.807) is 6.33 Å². The molecule has 0 atom stereocenters. The van der Waals surface area contributed by atoms with Gasteiger partial charge in [0.1, 0.15) is 6.33 Å². The molecule has 0 unspecified atom stereocenters. The largest absolute Gasteiger partial charge is 0.378 e. The predicted molar refractivity (Wildman–Crippen MR) is 95.0 cm³/mol. The molecule has 4 nitrogen and oxygen atoms in total. The Labute approximate surface area is 135 Å². The van der Waals surface area contributed by atoms with Crippen LogP contribution in [0.3, 0.4) is 0 Å². The van der Waals surface area contributed by atoms with Crippen molar-refractivity contribution in [1.82, 2.24) is 14.6 Å². The molecule has 0 spiro atoms. The third-order valence-corrected chi connectivity index (χ3v) is 4.27. The molecule has 2 heterocycles. The Hall–Kier alpha value is -2.88. The first-order chi connectivity index (χ1) is 11.1. The smallest absolute Gasteiger partial charge is 0.118 e. The molecule has 0 saturated carbocycles. The highest BCUT2D eigenvalue weighted by molar-refractivity contribution is 5.96. The Kier molecular flexibility index (Phi) is 3.05. The minimum atomic E-state index is 0.998. The molecule has 23 heavy (non-hydrogen) atoms. The van der Waals surface area contributed by atoms with E-state index in [-0.39, 0.29) is 0 Å². The van der Waals surface area contributed by atoms with Crippen LogP contribution in [0.4, 0.5) is 5.69 Å². The summed E-state index contributed by atoms with van der Waals surface area (Å²) in [5.41, 5.74) is 6.62. The van der Waals surface area contributed by atoms with Crippen molar-refractivity contribution in [3.8, 4) is 11.3 Å². The molecule has 0 bridgehead atoms. The second-order valence-electron chi connectivity index (χ2n) is 5.97. The first kappa shape index (κ1) is 13.8. The monoisotopic (exact) mass is 302 g/mol. The molecule has 0 fully saturated rings. The quantitative estimate of drug-likeness (QED) is 0.562. The minimum absolute atomic E-state index is 0.998. The fourth-order valence-electron chi connectivity index (χ4n) is 3.02. The molecule has 0 aliphatic heterocycles. The predicted octanol–water partition coefficient (Wildman–Crippen LogP) is 3.92. The van der Waals surface area contributed by atoms with Crippen LogP contribution in [-0.4, -0.2) is 28.7 Å². The maximum Gasteiger partial charge on any atom is 0.118 e. The Morgan fingerprint density at radius 2 is 1.70 bits per heavy atom. The summed E-state index contributed by atoms with van der Waals surface area (Å²) in [6, 6.07) is 16.7. The van der Waals surface area contributed by atoms with Crippen molar-refractivity contribution in [3.05, 3.63) is 60.4 Å². The van der Waals surface area contributed by atoms with Crippen molar-refractivity contribution >= 4 is 22.1 Å². The molecule has 0 amide bonds. The number of benzene rings is 2. The number of rotatable bonds is 2. The Bertz CT molecular complexity index is 997. The van der Waals surface area contributed by atoms with Crippen LogP contribution in [-0.2, 0) is 0 Å². The fraction of sp³-hybridized carbons (Fsp3) is 0.158. The van der Waals surface area contributed by atoms with E-state index >= 15 is 0 Å². The molecule has 4 aromatic rings. The fourth-order valence-corrected chi connectivity index (χ4v) is 3.02. The average Bonchev–Trinajstić information content (AvgIpc) is 2.92. The number of hydrogen-bond donors (Lipinski definition) is 0. The van der Waals surface area contributed by atoms with E-state index in [1.807, 2.05) is 36.8 Å². The average molecular weight is 302 g/mol. The Morgan fingerprint density at radius 1 is 0.957 bits per heavy atom. The second kappa shape index (κ2) is 5.09. The van der Waals surface area contributed by atoms with Gasteiger partial charge in [0.05, 0.1) is 16.7 Å². The van der Waals surface area contributed by atoms with Crippen molar-refractivity contribution in [2.75, 3.05) is 19.0 Å². The van der Waals surface area contributed by atoms with Crippen molar-refractivity contribution in [2.45, 2.75) is 6.92 Å². The first-order valence-electron chi connectivity index (χ1n) is 7.65. The molecule has 0 aliphatic rings. The standard InChI is InChI=1S/C19H18N4/c1-13-18(14-8-10-15(11-9-14)22(2)3)21-23-12-20-17-7-5-4-6-16(17)19(13)23/h4-12H,1-3H3. The number of anilines is 1. The van der Waals surface area contributed by atoms with E-state index < -0.39 is 0 Å². The second-order valence-corrected chi connectivity index (χ2v) is 5.97. The molecular formula is C19H18N4. The summed E-state index contributed by atoms with van der Waals surface area (Å²) >= 11 is 0. The molecule has 4 heteroatoms. The lowest BCUT2D eigenvalue weighted by Crippen LogP contribution is -2.07. The lowest BCUT2D eigenvalue weighted by Gasteiger charge is -2.12. The van der Waals surface area contributed by atoms with Crippen molar-refractivity contribution in [2.24, 2.45) is 0 Å². The number of hydrogen-bond acceptors (Lipinski definition) is 3. The zero-order valence-electron chi connectivity index (χ0n) is 13.5. The van der Waals surface area contributed by atoms with Crippen molar-refractivity contribution in [3.63, 3.8) is 0 Å². The number of aryl methyl sites for hydroxylation is 1. The van der Waals surface area contributed by atoms with Crippen molar-refractivity contribution < 1.29 is 0 Å². The van der Waals surface area contributed by atoms with Crippen LogP contribution in [0.25, 0.3) is 27.7 Å². The molecule has 0 radical (unpaired) electrons. The maximum atomic E-state index is 4.75. The molecule has 0 N–H and O–H groups in total. The van der Waals surface area contributed by atoms with Crippen LogP contribution < -0.4 is 4.90 Å². The van der Waals surface area contributed by atoms with Gasteiger partial charge in [-0.05, 0) is 25.1 Å². The van der Waals surface area contributed by atoms with Gasteiger partial charge in [0.25, 0.3) is 0 Å². The summed E-state index contributed by atoms with van der Waals surface area (Å²) < 4.78 is 1.88. The minimum Gasteiger partial charge on any atom is -0.378 e. The SMILES string of the molecule is Cc1c(-c2ccc(N(C)C)cc2)nn2cnc3ccccc3c12. The van der Waals surface area contributed by atoms with E-state index in [4.69, 9.17) is 5.10 Å². The molecule has 0 aliphatic carbocycles. The van der Waals surface area contributed by atoms with Gasteiger partial charge in [-0.15, -0.1) is 0 Å². The topological polar surface area (TPSA) is 33.4 Å². The lowest BCUT2D eigenvalue weighted by atomic mass is 10.1. The van der Waals surface area contributed by atoms with Gasteiger partial charge in [-0.3, -0.25) is 0 Å². The van der Waals surface area contributed by atoms with E-state index in [9.17, 15) is 0 Å². The molecule has 0 saturated heterocycles. The Balaban J connectivity index is 1.94. The summed E-state index contributed by atoms with van der Waals surface area (Å²) in [6.07, 6.45) is 1.79. The van der Waals surface area contributed by atoms with Crippen LogP contribution in [0.1, 0.15) is 5.56 Å². The number of para-hydroxylation sites is 1. The van der Waals surface area contributed by atoms with Crippen molar-refractivity contribution in [1.29, 1.82) is 0 Å². The van der Waals surface area contributed by atoms with Gasteiger partial charge in [0.2, 0.25) is 0 Å². The highest BCUT2D eigenvalue weighted by atomic mass is 15.2.